The number of aromatic nitrogens is 1. The van der Waals surface area contributed by atoms with E-state index < -0.39 is 30.0 Å². The molecule has 2 aliphatic rings. The summed E-state index contributed by atoms with van der Waals surface area (Å²) in [5.74, 6) is -2.33. The van der Waals surface area contributed by atoms with Crippen LogP contribution < -0.4 is 0 Å². The van der Waals surface area contributed by atoms with Gasteiger partial charge in [0.05, 0.1) is 35.7 Å². The Kier molecular flexibility index (Phi) is 7.03. The van der Waals surface area contributed by atoms with Crippen LogP contribution in [0.25, 0.3) is 10.9 Å². The van der Waals surface area contributed by atoms with E-state index in [0.717, 1.165) is 22.0 Å². The van der Waals surface area contributed by atoms with Crippen molar-refractivity contribution in [3.63, 3.8) is 0 Å². The van der Waals surface area contributed by atoms with Gasteiger partial charge in [0.25, 0.3) is 0 Å². The van der Waals surface area contributed by atoms with Crippen molar-refractivity contribution in [1.29, 1.82) is 5.26 Å². The summed E-state index contributed by atoms with van der Waals surface area (Å²) in [6.45, 7) is 8.39. The highest BCUT2D eigenvalue weighted by Crippen LogP contribution is 2.51. The molecule has 2 N–H and O–H groups in total. The minimum atomic E-state index is -0.914. The quantitative estimate of drug-likeness (QED) is 0.465. The fraction of sp³-hybridized carbons (Fsp3) is 0.485. The fourth-order valence-corrected chi connectivity index (χ4v) is 7.25. The number of benzene rings is 2. The molecule has 1 unspecified atom stereocenters. The fourth-order valence-electron chi connectivity index (χ4n) is 7.25. The van der Waals surface area contributed by atoms with Gasteiger partial charge in [-0.3, -0.25) is 9.59 Å². The van der Waals surface area contributed by atoms with Crippen molar-refractivity contribution in [2.75, 3.05) is 0 Å². The van der Waals surface area contributed by atoms with Gasteiger partial charge in [-0.25, -0.2) is 0 Å². The summed E-state index contributed by atoms with van der Waals surface area (Å²) in [6, 6.07) is 17.6. The van der Waals surface area contributed by atoms with Crippen LogP contribution in [0.3, 0.4) is 0 Å². The first-order valence-corrected chi connectivity index (χ1v) is 13.9. The monoisotopic (exact) mass is 526 g/mol. The van der Waals surface area contributed by atoms with Crippen LogP contribution in [0.15, 0.2) is 54.7 Å². The molecule has 2 aliphatic carbocycles. The van der Waals surface area contributed by atoms with Crippen LogP contribution in [0.2, 0.25) is 0 Å². The molecular weight excluding hydrogens is 488 g/mol. The highest BCUT2D eigenvalue weighted by atomic mass is 16.3. The molecule has 2 saturated carbocycles. The summed E-state index contributed by atoms with van der Waals surface area (Å²) in [7, 11) is 0. The van der Waals surface area contributed by atoms with Crippen LogP contribution in [0.4, 0.5) is 0 Å². The van der Waals surface area contributed by atoms with Gasteiger partial charge in [0.15, 0.2) is 0 Å². The smallest absolute Gasteiger partial charge is 0.139 e. The van der Waals surface area contributed by atoms with E-state index in [1.807, 2.05) is 76.4 Å². The molecule has 0 bridgehead atoms. The van der Waals surface area contributed by atoms with Gasteiger partial charge in [0.2, 0.25) is 0 Å². The van der Waals surface area contributed by atoms with E-state index in [1.165, 1.54) is 0 Å². The van der Waals surface area contributed by atoms with Gasteiger partial charge in [0, 0.05) is 42.4 Å². The van der Waals surface area contributed by atoms with Crippen LogP contribution in [0.1, 0.15) is 76.0 Å². The zero-order valence-electron chi connectivity index (χ0n) is 23.2. The number of Topliss-reactive ketones (excluding diaryl/α,β-unsaturated/α-hetero) is 2. The van der Waals surface area contributed by atoms with Crippen molar-refractivity contribution in [3.8, 4) is 6.07 Å². The second-order valence-corrected chi connectivity index (χ2v) is 13.2. The summed E-state index contributed by atoms with van der Waals surface area (Å²) >= 11 is 0. The average Bonchev–Trinajstić information content (AvgIpc) is 3.19. The molecule has 5 atom stereocenters. The maximum atomic E-state index is 13.7. The minimum absolute atomic E-state index is 0.0553. The van der Waals surface area contributed by atoms with Crippen LogP contribution in [-0.2, 0) is 16.1 Å². The number of hydrogen-bond donors (Lipinski definition) is 2. The molecule has 1 heterocycles. The Balaban J connectivity index is 1.68. The van der Waals surface area contributed by atoms with E-state index in [0.29, 0.717) is 37.8 Å². The van der Waals surface area contributed by atoms with E-state index in [2.05, 4.69) is 10.6 Å². The van der Waals surface area contributed by atoms with Gasteiger partial charge >= 0.3 is 0 Å². The number of aliphatic hydroxyl groups is 2. The normalized spacial score (nSPS) is 27.3. The van der Waals surface area contributed by atoms with Crippen molar-refractivity contribution in [3.05, 3.63) is 71.4 Å². The molecule has 6 nitrogen and oxygen atoms in total. The van der Waals surface area contributed by atoms with E-state index in [9.17, 15) is 25.1 Å². The summed E-state index contributed by atoms with van der Waals surface area (Å²) in [5, 5.41) is 33.4. The Morgan fingerprint density at radius 1 is 0.897 bits per heavy atom. The molecule has 3 aromatic rings. The molecule has 204 valence electrons. The lowest BCUT2D eigenvalue weighted by Gasteiger charge is -2.46. The molecule has 0 amide bonds. The molecule has 2 fully saturated rings. The number of aliphatic hydroxyl groups excluding tert-OH is 2. The lowest BCUT2D eigenvalue weighted by Crippen LogP contribution is -2.51. The highest BCUT2D eigenvalue weighted by Gasteiger charge is 2.52. The number of carbonyl (C=O) groups excluding carboxylic acids is 2. The summed E-state index contributed by atoms with van der Waals surface area (Å²) in [6.07, 6.45) is 1.70. The zero-order chi connectivity index (χ0) is 28.1. The summed E-state index contributed by atoms with van der Waals surface area (Å²) in [5.41, 5.74) is 2.52. The van der Waals surface area contributed by atoms with Crippen molar-refractivity contribution in [2.24, 2.45) is 22.7 Å². The molecule has 0 saturated heterocycles. The topological polar surface area (TPSA) is 103 Å². The predicted molar refractivity (Wildman–Crippen MR) is 150 cm³/mol. The maximum absolute atomic E-state index is 13.7. The molecule has 6 heteroatoms. The largest absolute Gasteiger partial charge is 0.392 e. The Hall–Kier alpha value is -3.27. The van der Waals surface area contributed by atoms with Gasteiger partial charge in [0.1, 0.15) is 11.6 Å². The van der Waals surface area contributed by atoms with Crippen LogP contribution in [0, 0.1) is 34.0 Å². The Bertz CT molecular complexity index is 1420. The lowest BCUT2D eigenvalue weighted by atomic mass is 9.58. The van der Waals surface area contributed by atoms with Gasteiger partial charge < -0.3 is 14.8 Å². The Labute approximate surface area is 230 Å². The number of hydrogen-bond acceptors (Lipinski definition) is 5. The molecule has 1 aromatic heterocycles. The third-order valence-corrected chi connectivity index (χ3v) is 8.83. The highest BCUT2D eigenvalue weighted by molar-refractivity contribution is 5.92. The predicted octanol–water partition coefficient (Wildman–Crippen LogP) is 5.38. The van der Waals surface area contributed by atoms with Crippen LogP contribution in [0.5, 0.6) is 0 Å². The first-order chi connectivity index (χ1) is 18.4. The van der Waals surface area contributed by atoms with Gasteiger partial charge in [-0.1, -0.05) is 64.1 Å². The summed E-state index contributed by atoms with van der Waals surface area (Å²) < 4.78 is 2.06. The maximum Gasteiger partial charge on any atom is 0.139 e. The van der Waals surface area contributed by atoms with E-state index in [4.69, 9.17) is 0 Å². The molecular formula is C33H38N2O4. The van der Waals surface area contributed by atoms with Crippen molar-refractivity contribution in [1.82, 2.24) is 4.57 Å². The number of carbonyl (C=O) groups is 2. The van der Waals surface area contributed by atoms with Gasteiger partial charge in [-0.2, -0.15) is 5.26 Å². The molecule has 0 radical (unpaired) electrons. The van der Waals surface area contributed by atoms with E-state index >= 15 is 0 Å². The third-order valence-electron chi connectivity index (χ3n) is 8.83. The third kappa shape index (κ3) is 5.18. The minimum Gasteiger partial charge on any atom is -0.392 e. The van der Waals surface area contributed by atoms with E-state index in [1.54, 1.807) is 6.07 Å². The lowest BCUT2D eigenvalue weighted by molar-refractivity contribution is -0.144. The van der Waals surface area contributed by atoms with Crippen molar-refractivity contribution < 1.29 is 19.8 Å². The number of ketones is 2. The average molecular weight is 527 g/mol. The Morgan fingerprint density at radius 3 is 2.00 bits per heavy atom. The Morgan fingerprint density at radius 2 is 1.44 bits per heavy atom. The van der Waals surface area contributed by atoms with Gasteiger partial charge in [-0.05, 0) is 46.9 Å². The van der Waals surface area contributed by atoms with Crippen molar-refractivity contribution >= 4 is 22.5 Å². The summed E-state index contributed by atoms with van der Waals surface area (Å²) in [4.78, 5) is 27.5. The number of rotatable bonds is 5. The second-order valence-electron chi connectivity index (χ2n) is 13.2. The molecule has 2 aromatic carbocycles. The first kappa shape index (κ1) is 27.3. The molecule has 39 heavy (non-hydrogen) atoms. The molecule has 0 spiro atoms. The zero-order valence-corrected chi connectivity index (χ0v) is 23.2. The SMILES string of the molecule is CC1(C)CC(=O)[C@@H](C(c2cn(Cc3ccccc3C#N)c3ccccc23)[C@H]2C(=O)CC(C)(C)C[C@@H]2O)[C@H](O)C1. The van der Waals surface area contributed by atoms with Crippen molar-refractivity contribution in [2.45, 2.75) is 78.0 Å². The van der Waals surface area contributed by atoms with Crippen LogP contribution in [-0.4, -0.2) is 38.6 Å². The second kappa shape index (κ2) is 10.0. The number of nitrogens with zero attached hydrogens (tertiary/aromatic N) is 2. The number of fused-ring (bicyclic) bond motifs is 1. The number of nitriles is 1. The molecule has 0 aliphatic heterocycles. The van der Waals surface area contributed by atoms with Gasteiger partial charge in [-0.15, -0.1) is 0 Å². The van der Waals surface area contributed by atoms with Crippen LogP contribution >= 0.6 is 0 Å². The number of para-hydroxylation sites is 1. The standard InChI is InChI=1S/C33H38N2O4/c1-32(2)13-25(36)30(26(37)14-32)29(31-27(38)15-33(3,4)16-28(31)39)23-19-35(24-12-8-7-11-22(23)24)18-21-10-6-5-9-20(21)17-34/h5-12,19,25,27,29-31,36,38H,13-16,18H2,1-4H3/t25-,27+,29?,30+,31-. The molecule has 5 rings (SSSR count). The first-order valence-electron chi connectivity index (χ1n) is 13.9. The van der Waals surface area contributed by atoms with E-state index in [-0.39, 0.29) is 22.4 Å².